The lowest BCUT2D eigenvalue weighted by atomic mass is 9.99. The maximum Gasteiger partial charge on any atom is 0.128 e. The molecule has 0 saturated heterocycles. The van der Waals surface area contributed by atoms with E-state index in [0.29, 0.717) is 0 Å². The number of hydrogen-bond acceptors (Lipinski definition) is 2. The van der Waals surface area contributed by atoms with Crippen molar-refractivity contribution in [2.45, 2.75) is 19.9 Å². The summed E-state index contributed by atoms with van der Waals surface area (Å²) in [5.41, 5.74) is 9.71. The van der Waals surface area contributed by atoms with Crippen LogP contribution in [0.5, 0.6) is 0 Å². The maximum absolute atomic E-state index is 6.17. The second-order valence-electron chi connectivity index (χ2n) is 3.95. The van der Waals surface area contributed by atoms with Crippen LogP contribution in [0.2, 0.25) is 0 Å². The highest BCUT2D eigenvalue weighted by molar-refractivity contribution is 9.10. The number of aryl methyl sites for hydroxylation is 2. The zero-order chi connectivity index (χ0) is 11.7. The summed E-state index contributed by atoms with van der Waals surface area (Å²) >= 11 is 3.33. The minimum atomic E-state index is -0.202. The number of hydrogen-bond donors (Lipinski definition) is 2. The highest BCUT2D eigenvalue weighted by atomic mass is 79.9. The Hall–Kier alpha value is -1.13. The molecule has 1 aromatic heterocycles. The minimum absolute atomic E-state index is 0.202. The molecular weight excluding hydrogens is 266 g/mol. The molecule has 2 rings (SSSR count). The van der Waals surface area contributed by atoms with Crippen LogP contribution in [0.1, 0.15) is 28.6 Å². The number of aromatic nitrogens is 2. The van der Waals surface area contributed by atoms with Gasteiger partial charge in [-0.1, -0.05) is 23.8 Å². The highest BCUT2D eigenvalue weighted by Gasteiger charge is 2.14. The number of benzene rings is 1. The minimum Gasteiger partial charge on any atom is -0.335 e. The zero-order valence-electron chi connectivity index (χ0n) is 9.29. The van der Waals surface area contributed by atoms with Gasteiger partial charge in [0.05, 0.1) is 12.2 Å². The molecule has 1 aromatic carbocycles. The molecular formula is C12H14BrN3. The van der Waals surface area contributed by atoms with Crippen molar-refractivity contribution in [1.82, 2.24) is 9.97 Å². The van der Waals surface area contributed by atoms with Gasteiger partial charge in [-0.15, -0.1) is 0 Å². The average Bonchev–Trinajstić information content (AvgIpc) is 2.64. The molecule has 0 radical (unpaired) electrons. The Labute approximate surface area is 103 Å². The fourth-order valence-corrected chi connectivity index (χ4v) is 2.10. The fraction of sp³-hybridized carbons (Fsp3) is 0.250. The number of nitrogens with one attached hydrogen (secondary N) is 1. The number of nitrogens with two attached hydrogens (primary N) is 1. The smallest absolute Gasteiger partial charge is 0.128 e. The standard InChI is InChI=1S/C12H14BrN3/c1-7-3-4-9(8(2)5-7)11(14)12-15-6-10(13)16-12/h3-6,11H,14H2,1-2H3,(H,15,16). The van der Waals surface area contributed by atoms with Gasteiger partial charge >= 0.3 is 0 Å². The van der Waals surface area contributed by atoms with Gasteiger partial charge in [-0.25, -0.2) is 4.98 Å². The van der Waals surface area contributed by atoms with Gasteiger partial charge in [-0.05, 0) is 40.9 Å². The quantitative estimate of drug-likeness (QED) is 0.888. The van der Waals surface area contributed by atoms with Gasteiger partial charge in [0.1, 0.15) is 10.4 Å². The van der Waals surface area contributed by atoms with Crippen LogP contribution in [-0.2, 0) is 0 Å². The van der Waals surface area contributed by atoms with Crippen molar-refractivity contribution >= 4 is 15.9 Å². The molecule has 84 valence electrons. The van der Waals surface area contributed by atoms with Crippen LogP contribution in [0, 0.1) is 13.8 Å². The molecule has 1 heterocycles. The van der Waals surface area contributed by atoms with Gasteiger partial charge in [-0.3, -0.25) is 0 Å². The SMILES string of the molecule is Cc1ccc(C(N)c2ncc(Br)[nH]2)c(C)c1. The Kier molecular flexibility index (Phi) is 3.12. The lowest BCUT2D eigenvalue weighted by Gasteiger charge is -2.12. The van der Waals surface area contributed by atoms with Crippen molar-refractivity contribution in [3.05, 3.63) is 51.5 Å². The van der Waals surface area contributed by atoms with E-state index in [9.17, 15) is 0 Å². The third-order valence-electron chi connectivity index (χ3n) is 2.62. The number of halogens is 1. The van der Waals surface area contributed by atoms with Crippen molar-refractivity contribution in [3.63, 3.8) is 0 Å². The molecule has 3 N–H and O–H groups in total. The molecule has 1 unspecified atom stereocenters. The van der Waals surface area contributed by atoms with Crippen LogP contribution in [0.4, 0.5) is 0 Å². The van der Waals surface area contributed by atoms with Gasteiger partial charge in [0, 0.05) is 0 Å². The van der Waals surface area contributed by atoms with Crippen LogP contribution >= 0.6 is 15.9 Å². The van der Waals surface area contributed by atoms with E-state index in [2.05, 4.69) is 57.9 Å². The van der Waals surface area contributed by atoms with Crippen molar-refractivity contribution in [3.8, 4) is 0 Å². The van der Waals surface area contributed by atoms with Crippen molar-refractivity contribution < 1.29 is 0 Å². The van der Waals surface area contributed by atoms with E-state index in [1.54, 1.807) is 6.20 Å². The third-order valence-corrected chi connectivity index (χ3v) is 3.02. The van der Waals surface area contributed by atoms with E-state index in [-0.39, 0.29) is 6.04 Å². The molecule has 0 spiro atoms. The number of aromatic amines is 1. The Balaban J connectivity index is 2.37. The molecule has 1 atom stereocenters. The van der Waals surface area contributed by atoms with E-state index in [1.165, 1.54) is 11.1 Å². The molecule has 0 aliphatic carbocycles. The van der Waals surface area contributed by atoms with Gasteiger partial charge in [0.15, 0.2) is 0 Å². The van der Waals surface area contributed by atoms with Crippen molar-refractivity contribution in [2.75, 3.05) is 0 Å². The van der Waals surface area contributed by atoms with Crippen LogP contribution in [0.25, 0.3) is 0 Å². The Morgan fingerprint density at radius 3 is 2.69 bits per heavy atom. The second kappa shape index (κ2) is 4.39. The van der Waals surface area contributed by atoms with E-state index in [4.69, 9.17) is 5.73 Å². The lowest BCUT2D eigenvalue weighted by Crippen LogP contribution is -2.14. The van der Waals surface area contributed by atoms with E-state index >= 15 is 0 Å². The van der Waals surface area contributed by atoms with Crippen molar-refractivity contribution in [1.29, 1.82) is 0 Å². The molecule has 0 amide bonds. The predicted octanol–water partition coefficient (Wildman–Crippen LogP) is 2.84. The molecule has 0 fully saturated rings. The van der Waals surface area contributed by atoms with Crippen molar-refractivity contribution in [2.24, 2.45) is 5.73 Å². The Bertz CT molecular complexity index is 505. The molecule has 4 heteroatoms. The van der Waals surface area contributed by atoms with Gasteiger partial charge in [-0.2, -0.15) is 0 Å². The molecule has 2 aromatic rings. The topological polar surface area (TPSA) is 54.7 Å². The van der Waals surface area contributed by atoms with E-state index < -0.39 is 0 Å². The molecule has 3 nitrogen and oxygen atoms in total. The lowest BCUT2D eigenvalue weighted by molar-refractivity contribution is 0.792. The molecule has 0 saturated carbocycles. The third kappa shape index (κ3) is 2.18. The number of rotatable bonds is 2. The summed E-state index contributed by atoms with van der Waals surface area (Å²) in [5.74, 6) is 0.777. The normalized spacial score (nSPS) is 12.8. The first-order chi connectivity index (χ1) is 7.58. The van der Waals surface area contributed by atoms with Crippen LogP contribution < -0.4 is 5.73 Å². The van der Waals surface area contributed by atoms with Gasteiger partial charge < -0.3 is 10.7 Å². The maximum atomic E-state index is 6.17. The van der Waals surface area contributed by atoms with E-state index in [0.717, 1.165) is 16.0 Å². The van der Waals surface area contributed by atoms with Gasteiger partial charge in [0.2, 0.25) is 0 Å². The van der Waals surface area contributed by atoms with Crippen LogP contribution in [0.3, 0.4) is 0 Å². The number of imidazole rings is 1. The number of H-pyrrole nitrogens is 1. The largest absolute Gasteiger partial charge is 0.335 e. The summed E-state index contributed by atoms with van der Waals surface area (Å²) in [4.78, 5) is 7.32. The second-order valence-corrected chi connectivity index (χ2v) is 4.81. The summed E-state index contributed by atoms with van der Waals surface area (Å²) in [7, 11) is 0. The zero-order valence-corrected chi connectivity index (χ0v) is 10.9. The average molecular weight is 280 g/mol. The fourth-order valence-electron chi connectivity index (χ4n) is 1.79. The first-order valence-corrected chi connectivity index (χ1v) is 5.90. The number of nitrogens with zero attached hydrogens (tertiary/aromatic N) is 1. The first-order valence-electron chi connectivity index (χ1n) is 5.11. The monoisotopic (exact) mass is 279 g/mol. The van der Waals surface area contributed by atoms with Crippen LogP contribution in [0.15, 0.2) is 29.0 Å². The molecule has 16 heavy (non-hydrogen) atoms. The highest BCUT2D eigenvalue weighted by Crippen LogP contribution is 2.22. The predicted molar refractivity (Wildman–Crippen MR) is 68.2 cm³/mol. The van der Waals surface area contributed by atoms with Gasteiger partial charge in [0.25, 0.3) is 0 Å². The Morgan fingerprint density at radius 2 is 2.12 bits per heavy atom. The molecule has 0 aliphatic heterocycles. The molecule has 0 bridgehead atoms. The summed E-state index contributed by atoms with van der Waals surface area (Å²) < 4.78 is 0.850. The Morgan fingerprint density at radius 1 is 1.38 bits per heavy atom. The summed E-state index contributed by atoms with van der Waals surface area (Å²) in [6.45, 7) is 4.14. The summed E-state index contributed by atoms with van der Waals surface area (Å²) in [5, 5.41) is 0. The van der Waals surface area contributed by atoms with E-state index in [1.807, 2.05) is 0 Å². The molecule has 0 aliphatic rings. The first kappa shape index (κ1) is 11.4. The van der Waals surface area contributed by atoms with Crippen LogP contribution in [-0.4, -0.2) is 9.97 Å². The summed E-state index contributed by atoms with van der Waals surface area (Å²) in [6, 6.07) is 6.06. The summed E-state index contributed by atoms with van der Waals surface area (Å²) in [6.07, 6.45) is 1.72.